The lowest BCUT2D eigenvalue weighted by Crippen LogP contribution is -2.62. The van der Waals surface area contributed by atoms with Crippen molar-refractivity contribution >= 4 is 17.5 Å². The summed E-state index contributed by atoms with van der Waals surface area (Å²) in [5.74, 6) is -0.310. The second-order valence-electron chi connectivity index (χ2n) is 5.70. The van der Waals surface area contributed by atoms with Crippen LogP contribution in [0.5, 0.6) is 5.75 Å². The molecule has 0 aliphatic carbocycles. The molecule has 1 N–H and O–H groups in total. The number of fused-ring (bicyclic) bond motifs is 1. The maximum atomic E-state index is 12.8. The highest BCUT2D eigenvalue weighted by molar-refractivity contribution is 6.16. The molecular formula is C18H19N3O3. The molecule has 6 heteroatoms. The Balaban J connectivity index is 1.83. The van der Waals surface area contributed by atoms with E-state index in [1.54, 1.807) is 29.4 Å². The number of carbonyl (C=O) groups excluding carboxylic acids is 2. The molecule has 1 aliphatic heterocycles. The molecule has 24 heavy (non-hydrogen) atoms. The van der Waals surface area contributed by atoms with Crippen LogP contribution in [0.15, 0.2) is 48.8 Å². The maximum Gasteiger partial charge on any atom is 0.280 e. The number of rotatable bonds is 4. The summed E-state index contributed by atoms with van der Waals surface area (Å²) < 4.78 is 5.80. The number of pyridine rings is 1. The Bertz CT molecular complexity index is 763. The first-order chi connectivity index (χ1) is 11.6. The van der Waals surface area contributed by atoms with Crippen molar-refractivity contribution in [1.82, 2.24) is 10.3 Å². The highest BCUT2D eigenvalue weighted by atomic mass is 16.5. The van der Waals surface area contributed by atoms with Gasteiger partial charge in [-0.25, -0.2) is 0 Å². The number of nitrogens with one attached hydrogen (secondary N) is 1. The molecular weight excluding hydrogens is 306 g/mol. The van der Waals surface area contributed by atoms with Gasteiger partial charge in [-0.1, -0.05) is 18.2 Å². The first-order valence-corrected chi connectivity index (χ1v) is 7.83. The van der Waals surface area contributed by atoms with Gasteiger partial charge in [-0.05, 0) is 37.6 Å². The highest BCUT2D eigenvalue weighted by Gasteiger charge is 2.50. The Morgan fingerprint density at radius 1 is 1.29 bits per heavy atom. The van der Waals surface area contributed by atoms with Crippen molar-refractivity contribution < 1.29 is 14.3 Å². The van der Waals surface area contributed by atoms with Gasteiger partial charge >= 0.3 is 0 Å². The van der Waals surface area contributed by atoms with E-state index in [9.17, 15) is 9.59 Å². The van der Waals surface area contributed by atoms with Crippen LogP contribution in [0.1, 0.15) is 19.4 Å². The molecule has 0 radical (unpaired) electrons. The van der Waals surface area contributed by atoms with Crippen LogP contribution in [0.2, 0.25) is 0 Å². The third-order valence-corrected chi connectivity index (χ3v) is 4.05. The monoisotopic (exact) mass is 325 g/mol. The Kier molecular flexibility index (Phi) is 4.20. The normalized spacial score (nSPS) is 19.4. The van der Waals surface area contributed by atoms with E-state index in [0.29, 0.717) is 18.0 Å². The van der Waals surface area contributed by atoms with Crippen LogP contribution >= 0.6 is 0 Å². The van der Waals surface area contributed by atoms with E-state index in [0.717, 1.165) is 5.56 Å². The third kappa shape index (κ3) is 2.71. The van der Waals surface area contributed by atoms with Crippen molar-refractivity contribution in [2.45, 2.75) is 26.0 Å². The van der Waals surface area contributed by atoms with E-state index >= 15 is 0 Å². The van der Waals surface area contributed by atoms with Gasteiger partial charge in [-0.3, -0.25) is 14.6 Å². The average Bonchev–Trinajstić information content (AvgIpc) is 2.61. The van der Waals surface area contributed by atoms with Crippen LogP contribution < -0.4 is 15.0 Å². The Hall–Kier alpha value is -2.89. The minimum absolute atomic E-state index is 0.284. The van der Waals surface area contributed by atoms with Crippen molar-refractivity contribution in [2.24, 2.45) is 0 Å². The molecule has 0 saturated carbocycles. The summed E-state index contributed by atoms with van der Waals surface area (Å²) in [6, 6.07) is 10.9. The predicted octanol–water partition coefficient (Wildman–Crippen LogP) is 1.90. The van der Waals surface area contributed by atoms with Crippen LogP contribution in [0.25, 0.3) is 0 Å². The van der Waals surface area contributed by atoms with Crippen LogP contribution in [-0.2, 0) is 16.1 Å². The largest absolute Gasteiger partial charge is 0.466 e. The molecule has 3 rings (SSSR count). The highest BCUT2D eigenvalue weighted by Crippen LogP contribution is 2.37. The molecule has 1 atom stereocenters. The van der Waals surface area contributed by atoms with Crippen LogP contribution in [0.3, 0.4) is 0 Å². The van der Waals surface area contributed by atoms with E-state index in [1.807, 2.05) is 31.2 Å². The second-order valence-corrected chi connectivity index (χ2v) is 5.70. The number of para-hydroxylation sites is 2. The molecule has 2 amide bonds. The van der Waals surface area contributed by atoms with Crippen molar-refractivity contribution in [3.63, 3.8) is 0 Å². The number of nitrogens with zero attached hydrogens (tertiary/aromatic N) is 2. The lowest BCUT2D eigenvalue weighted by atomic mass is 9.99. The lowest BCUT2D eigenvalue weighted by molar-refractivity contribution is -0.148. The SMILES string of the molecule is CCN1C(=O)C(C)(C(=O)NCc2cccnc2)Oc2ccccc21. The number of hydrogen-bond donors (Lipinski definition) is 1. The van der Waals surface area contributed by atoms with Gasteiger partial charge in [-0.15, -0.1) is 0 Å². The smallest absolute Gasteiger partial charge is 0.280 e. The predicted molar refractivity (Wildman–Crippen MR) is 89.6 cm³/mol. The average molecular weight is 325 g/mol. The number of anilines is 1. The molecule has 6 nitrogen and oxygen atoms in total. The van der Waals surface area contributed by atoms with Gasteiger partial charge in [0.1, 0.15) is 5.75 Å². The minimum atomic E-state index is -1.59. The number of carbonyl (C=O) groups is 2. The zero-order valence-electron chi connectivity index (χ0n) is 13.7. The number of amides is 2. The maximum absolute atomic E-state index is 12.8. The fourth-order valence-corrected chi connectivity index (χ4v) is 2.71. The standard InChI is InChI=1S/C18H19N3O3/c1-3-21-14-8-4-5-9-15(14)24-18(2,17(21)23)16(22)20-12-13-7-6-10-19-11-13/h4-11H,3,12H2,1-2H3,(H,20,22). The van der Waals surface area contributed by atoms with Crippen LogP contribution in [0, 0.1) is 0 Å². The quantitative estimate of drug-likeness (QED) is 0.872. The summed E-state index contributed by atoms with van der Waals surface area (Å²) in [6.45, 7) is 4.12. The zero-order chi connectivity index (χ0) is 17.2. The fourth-order valence-electron chi connectivity index (χ4n) is 2.71. The third-order valence-electron chi connectivity index (χ3n) is 4.05. The summed E-state index contributed by atoms with van der Waals surface area (Å²) in [7, 11) is 0. The summed E-state index contributed by atoms with van der Waals surface area (Å²) in [4.78, 5) is 31.1. The number of benzene rings is 1. The van der Waals surface area contributed by atoms with E-state index in [1.165, 1.54) is 6.92 Å². The molecule has 0 bridgehead atoms. The van der Waals surface area contributed by atoms with Gasteiger partial charge in [0.15, 0.2) is 0 Å². The first-order valence-electron chi connectivity index (χ1n) is 7.83. The first kappa shape index (κ1) is 16.0. The van der Waals surface area contributed by atoms with Gasteiger partial charge in [0.2, 0.25) is 0 Å². The molecule has 0 fully saturated rings. The molecule has 124 valence electrons. The molecule has 2 aromatic rings. The summed E-state index contributed by atoms with van der Waals surface area (Å²) in [5.41, 5.74) is -0.0555. The van der Waals surface area contributed by atoms with Crippen molar-refractivity contribution in [3.8, 4) is 5.75 Å². The lowest BCUT2D eigenvalue weighted by Gasteiger charge is -2.39. The Morgan fingerprint density at radius 3 is 2.79 bits per heavy atom. The summed E-state index contributed by atoms with van der Waals surface area (Å²) in [6.07, 6.45) is 3.33. The van der Waals surface area contributed by atoms with E-state index < -0.39 is 11.5 Å². The summed E-state index contributed by atoms with van der Waals surface area (Å²) in [5, 5.41) is 2.76. The van der Waals surface area contributed by atoms with Gasteiger partial charge in [-0.2, -0.15) is 0 Å². The minimum Gasteiger partial charge on any atom is -0.466 e. The number of hydrogen-bond acceptors (Lipinski definition) is 4. The fraction of sp³-hybridized carbons (Fsp3) is 0.278. The summed E-state index contributed by atoms with van der Waals surface area (Å²) >= 11 is 0. The number of ether oxygens (including phenoxy) is 1. The topological polar surface area (TPSA) is 71.5 Å². The Morgan fingerprint density at radius 2 is 2.08 bits per heavy atom. The van der Waals surface area contributed by atoms with Crippen molar-refractivity contribution in [1.29, 1.82) is 0 Å². The second kappa shape index (κ2) is 6.31. The molecule has 0 spiro atoms. The molecule has 1 aromatic carbocycles. The van der Waals surface area contributed by atoms with Gasteiger partial charge in [0, 0.05) is 25.5 Å². The van der Waals surface area contributed by atoms with Gasteiger partial charge in [0.05, 0.1) is 5.69 Å². The van der Waals surface area contributed by atoms with Crippen molar-refractivity contribution in [3.05, 3.63) is 54.4 Å². The van der Waals surface area contributed by atoms with Gasteiger partial charge < -0.3 is 15.0 Å². The van der Waals surface area contributed by atoms with Crippen LogP contribution in [-0.4, -0.2) is 28.9 Å². The van der Waals surface area contributed by atoms with Crippen molar-refractivity contribution in [2.75, 3.05) is 11.4 Å². The molecule has 1 aromatic heterocycles. The zero-order valence-corrected chi connectivity index (χ0v) is 13.7. The molecule has 0 saturated heterocycles. The van der Waals surface area contributed by atoms with E-state index in [4.69, 9.17) is 4.74 Å². The van der Waals surface area contributed by atoms with E-state index in [-0.39, 0.29) is 12.5 Å². The number of aromatic nitrogens is 1. The molecule has 2 heterocycles. The molecule has 1 unspecified atom stereocenters. The molecule has 1 aliphatic rings. The number of likely N-dealkylation sites (N-methyl/N-ethyl adjacent to an activating group) is 1. The van der Waals surface area contributed by atoms with E-state index in [2.05, 4.69) is 10.3 Å². The van der Waals surface area contributed by atoms with Crippen LogP contribution in [0.4, 0.5) is 5.69 Å². The Labute approximate surface area is 140 Å². The van der Waals surface area contributed by atoms with Gasteiger partial charge in [0.25, 0.3) is 17.4 Å².